The summed E-state index contributed by atoms with van der Waals surface area (Å²) in [4.78, 5) is 5.14. The van der Waals surface area contributed by atoms with E-state index in [1.54, 1.807) is 6.07 Å². The number of hydrogen-bond acceptors (Lipinski definition) is 6. The molecule has 0 atom stereocenters. The van der Waals surface area contributed by atoms with Gasteiger partial charge in [0.15, 0.2) is 0 Å². The van der Waals surface area contributed by atoms with Crippen LogP contribution in [0.3, 0.4) is 0 Å². The molecule has 3 aromatic rings. The topological polar surface area (TPSA) is 76.3 Å². The van der Waals surface area contributed by atoms with Crippen LogP contribution < -0.4 is 0 Å². The molecule has 8 heteroatoms. The van der Waals surface area contributed by atoms with Crippen LogP contribution in [0.4, 0.5) is 0 Å². The van der Waals surface area contributed by atoms with Crippen molar-refractivity contribution in [3.63, 3.8) is 0 Å². The van der Waals surface area contributed by atoms with Crippen molar-refractivity contribution in [1.29, 1.82) is 0 Å². The lowest BCUT2D eigenvalue weighted by Gasteiger charge is -2.15. The summed E-state index contributed by atoms with van der Waals surface area (Å²) >= 11 is 1.50. The van der Waals surface area contributed by atoms with E-state index in [1.165, 1.54) is 22.7 Å². The summed E-state index contributed by atoms with van der Waals surface area (Å²) < 4.78 is 31.4. The normalized spacial score (nSPS) is 12.0. The number of hydrogen-bond donors (Lipinski definition) is 0. The Morgan fingerprint density at radius 1 is 1.25 bits per heavy atom. The van der Waals surface area contributed by atoms with Gasteiger partial charge in [-0.3, -0.25) is 0 Å². The van der Waals surface area contributed by atoms with Crippen molar-refractivity contribution < 1.29 is 12.9 Å². The highest BCUT2D eigenvalue weighted by atomic mass is 32.2. The van der Waals surface area contributed by atoms with Crippen molar-refractivity contribution in [2.24, 2.45) is 0 Å². The van der Waals surface area contributed by atoms with Crippen LogP contribution in [0.15, 0.2) is 46.3 Å². The van der Waals surface area contributed by atoms with E-state index in [4.69, 9.17) is 4.52 Å². The van der Waals surface area contributed by atoms with Gasteiger partial charge in [-0.1, -0.05) is 41.1 Å². The summed E-state index contributed by atoms with van der Waals surface area (Å²) in [6, 6.07) is 11.2. The smallest absolute Gasteiger partial charge is 0.242 e. The highest BCUT2D eigenvalue weighted by molar-refractivity contribution is 7.88. The van der Waals surface area contributed by atoms with Gasteiger partial charge in [0.25, 0.3) is 0 Å². The number of rotatable bonds is 6. The summed E-state index contributed by atoms with van der Waals surface area (Å²) in [6.07, 6.45) is 0. The second kappa shape index (κ2) is 6.84. The van der Waals surface area contributed by atoms with Crippen LogP contribution in [0, 0.1) is 6.92 Å². The first-order valence-corrected chi connectivity index (χ1v) is 9.79. The second-order valence-corrected chi connectivity index (χ2v) is 8.51. The third-order valence-electron chi connectivity index (χ3n) is 3.47. The molecule has 3 rings (SSSR count). The van der Waals surface area contributed by atoms with E-state index >= 15 is 0 Å². The highest BCUT2D eigenvalue weighted by Gasteiger charge is 2.21. The van der Waals surface area contributed by atoms with Gasteiger partial charge in [0.05, 0.1) is 17.2 Å². The lowest BCUT2D eigenvalue weighted by atomic mass is 10.2. The predicted octanol–water partition coefficient (Wildman–Crippen LogP) is 3.07. The molecule has 2 heterocycles. The molecule has 0 spiro atoms. The van der Waals surface area contributed by atoms with Crippen molar-refractivity contribution in [2.45, 2.75) is 19.2 Å². The van der Waals surface area contributed by atoms with Gasteiger partial charge in [0.2, 0.25) is 21.7 Å². The number of aromatic nitrogens is 2. The Hall–Kier alpha value is -2.03. The van der Waals surface area contributed by atoms with E-state index in [-0.39, 0.29) is 18.2 Å². The fourth-order valence-electron chi connectivity index (χ4n) is 2.24. The molecule has 1 aromatic carbocycles. The lowest BCUT2D eigenvalue weighted by Crippen LogP contribution is -2.27. The Bertz CT molecular complexity index is 918. The van der Waals surface area contributed by atoms with Crippen molar-refractivity contribution in [1.82, 2.24) is 14.4 Å². The van der Waals surface area contributed by atoms with Gasteiger partial charge in [0.1, 0.15) is 0 Å². The Morgan fingerprint density at radius 2 is 2.08 bits per heavy atom. The van der Waals surface area contributed by atoms with Crippen LogP contribution in [-0.4, -0.2) is 29.9 Å². The fraction of sp³-hybridized carbons (Fsp3) is 0.250. The minimum absolute atomic E-state index is 0.0481. The Morgan fingerprint density at radius 3 is 2.79 bits per heavy atom. The van der Waals surface area contributed by atoms with E-state index in [1.807, 2.05) is 42.6 Å². The zero-order valence-corrected chi connectivity index (χ0v) is 15.0. The van der Waals surface area contributed by atoms with Gasteiger partial charge in [-0.2, -0.15) is 9.29 Å². The molecular weight excluding hydrogens is 346 g/mol. The van der Waals surface area contributed by atoms with E-state index in [2.05, 4.69) is 10.1 Å². The lowest BCUT2D eigenvalue weighted by molar-refractivity contribution is 0.336. The van der Waals surface area contributed by atoms with Crippen molar-refractivity contribution in [3.8, 4) is 10.7 Å². The van der Waals surface area contributed by atoms with Crippen molar-refractivity contribution in [3.05, 3.63) is 58.8 Å². The summed E-state index contributed by atoms with van der Waals surface area (Å²) in [7, 11) is -1.95. The van der Waals surface area contributed by atoms with Crippen LogP contribution in [-0.2, 0) is 22.3 Å². The zero-order valence-electron chi connectivity index (χ0n) is 13.3. The fourth-order valence-corrected chi connectivity index (χ4v) is 4.01. The monoisotopic (exact) mass is 363 g/mol. The largest absolute Gasteiger partial charge is 0.337 e. The molecule has 0 N–H and O–H groups in total. The number of benzene rings is 1. The highest BCUT2D eigenvalue weighted by Crippen LogP contribution is 2.22. The van der Waals surface area contributed by atoms with Crippen LogP contribution in [0.2, 0.25) is 0 Å². The molecule has 0 aliphatic carbocycles. The maximum Gasteiger partial charge on any atom is 0.242 e. The van der Waals surface area contributed by atoms with E-state index in [0.29, 0.717) is 5.82 Å². The SMILES string of the molecule is Cc1cccc(CS(=O)(=O)N(C)Cc2nc(-c3cccs3)no2)c1. The van der Waals surface area contributed by atoms with Crippen LogP contribution in [0.25, 0.3) is 10.7 Å². The number of thiophene rings is 1. The van der Waals surface area contributed by atoms with Gasteiger partial charge in [0, 0.05) is 7.05 Å². The van der Waals surface area contributed by atoms with Gasteiger partial charge in [-0.05, 0) is 23.9 Å². The van der Waals surface area contributed by atoms with Crippen LogP contribution in [0.5, 0.6) is 0 Å². The molecule has 2 aromatic heterocycles. The van der Waals surface area contributed by atoms with E-state index in [0.717, 1.165) is 16.0 Å². The molecule has 0 bridgehead atoms. The Balaban J connectivity index is 1.70. The van der Waals surface area contributed by atoms with Gasteiger partial charge in [-0.25, -0.2) is 8.42 Å². The standard InChI is InChI=1S/C16H17N3O3S2/c1-12-5-3-6-13(9-12)11-24(20,21)19(2)10-15-17-16(18-22-15)14-7-4-8-23-14/h3-9H,10-11H2,1-2H3. The maximum atomic E-state index is 12.5. The first kappa shape index (κ1) is 16.8. The predicted molar refractivity (Wildman–Crippen MR) is 92.9 cm³/mol. The average molecular weight is 363 g/mol. The quantitative estimate of drug-likeness (QED) is 0.673. The first-order chi connectivity index (χ1) is 11.4. The summed E-state index contributed by atoms with van der Waals surface area (Å²) in [5, 5.41) is 5.81. The molecule has 0 radical (unpaired) electrons. The number of sulfonamides is 1. The minimum Gasteiger partial charge on any atom is -0.337 e. The molecule has 126 valence electrons. The number of aryl methyl sites for hydroxylation is 1. The van der Waals surface area contributed by atoms with Crippen LogP contribution >= 0.6 is 11.3 Å². The van der Waals surface area contributed by atoms with Gasteiger partial charge < -0.3 is 4.52 Å². The summed E-state index contributed by atoms with van der Waals surface area (Å²) in [6.45, 7) is 1.98. The first-order valence-electron chi connectivity index (χ1n) is 7.30. The minimum atomic E-state index is -3.46. The molecule has 24 heavy (non-hydrogen) atoms. The Labute approximate surface area is 144 Å². The molecule has 6 nitrogen and oxygen atoms in total. The Kier molecular flexibility index (Phi) is 4.79. The molecule has 0 fully saturated rings. The van der Waals surface area contributed by atoms with Gasteiger partial charge >= 0.3 is 0 Å². The van der Waals surface area contributed by atoms with Gasteiger partial charge in [-0.15, -0.1) is 11.3 Å². The summed E-state index contributed by atoms with van der Waals surface area (Å²) in [5.41, 5.74) is 1.79. The van der Waals surface area contributed by atoms with Crippen LogP contribution in [0.1, 0.15) is 17.0 Å². The molecule has 0 saturated heterocycles. The molecule has 0 aliphatic heterocycles. The molecule has 0 aliphatic rings. The molecular formula is C16H17N3O3S2. The third-order valence-corrected chi connectivity index (χ3v) is 6.12. The maximum absolute atomic E-state index is 12.5. The molecule has 0 saturated carbocycles. The molecule has 0 amide bonds. The average Bonchev–Trinajstić information content (AvgIpc) is 3.17. The van der Waals surface area contributed by atoms with Crippen molar-refractivity contribution in [2.75, 3.05) is 7.05 Å². The second-order valence-electron chi connectivity index (χ2n) is 5.49. The number of nitrogens with zero attached hydrogens (tertiary/aromatic N) is 3. The summed E-state index contributed by atoms with van der Waals surface area (Å²) in [5.74, 6) is 0.690. The third kappa shape index (κ3) is 3.89. The van der Waals surface area contributed by atoms with E-state index in [9.17, 15) is 8.42 Å². The zero-order chi connectivity index (χ0) is 17.2. The molecule has 0 unspecified atom stereocenters. The van der Waals surface area contributed by atoms with Crippen molar-refractivity contribution >= 4 is 21.4 Å². The van der Waals surface area contributed by atoms with E-state index < -0.39 is 10.0 Å².